The van der Waals surface area contributed by atoms with Crippen molar-refractivity contribution < 1.29 is 14.7 Å². The first-order chi connectivity index (χ1) is 9.97. The highest BCUT2D eigenvalue weighted by Gasteiger charge is 2.36. The van der Waals surface area contributed by atoms with E-state index in [-0.39, 0.29) is 11.6 Å². The van der Waals surface area contributed by atoms with Crippen molar-refractivity contribution in [3.63, 3.8) is 0 Å². The number of nitrogens with zero attached hydrogens (tertiary/aromatic N) is 2. The van der Waals surface area contributed by atoms with Crippen LogP contribution in [0.5, 0.6) is 0 Å². The molecule has 1 N–H and O–H groups in total. The van der Waals surface area contributed by atoms with Crippen LogP contribution in [-0.4, -0.2) is 42.1 Å². The van der Waals surface area contributed by atoms with Gasteiger partial charge in [0.15, 0.2) is 0 Å². The fourth-order valence-corrected chi connectivity index (χ4v) is 3.02. The molecule has 3 rings (SSSR count). The standard InChI is InChI=1S/C16H20N2O3/c1-10-7-13(10)9-17(2)16(21)18-6-5-11-8-12(15(19)20)3-4-14(11)18/h3-4,8,10,13H,5-7,9H2,1-2H3,(H,19,20). The summed E-state index contributed by atoms with van der Waals surface area (Å²) in [5.41, 5.74) is 2.07. The second-order valence-corrected chi connectivity index (χ2v) is 6.19. The molecule has 1 aromatic rings. The Hall–Kier alpha value is -2.04. The van der Waals surface area contributed by atoms with E-state index >= 15 is 0 Å². The normalized spacial score (nSPS) is 22.9. The van der Waals surface area contributed by atoms with Crippen LogP contribution in [0.1, 0.15) is 29.3 Å². The lowest BCUT2D eigenvalue weighted by molar-refractivity contribution is 0.0697. The highest BCUT2D eigenvalue weighted by molar-refractivity contribution is 5.95. The van der Waals surface area contributed by atoms with E-state index in [0.717, 1.165) is 30.1 Å². The zero-order chi connectivity index (χ0) is 15.1. The zero-order valence-corrected chi connectivity index (χ0v) is 12.4. The zero-order valence-electron chi connectivity index (χ0n) is 12.4. The molecule has 1 aromatic carbocycles. The van der Waals surface area contributed by atoms with Crippen molar-refractivity contribution in [1.29, 1.82) is 0 Å². The lowest BCUT2D eigenvalue weighted by Gasteiger charge is -2.25. The molecule has 0 saturated heterocycles. The summed E-state index contributed by atoms with van der Waals surface area (Å²) >= 11 is 0. The van der Waals surface area contributed by atoms with Gasteiger partial charge in [0.1, 0.15) is 0 Å². The molecule has 1 aliphatic carbocycles. The third kappa shape index (κ3) is 2.60. The highest BCUT2D eigenvalue weighted by atomic mass is 16.4. The second-order valence-electron chi connectivity index (χ2n) is 6.19. The number of urea groups is 1. The maximum absolute atomic E-state index is 12.5. The fourth-order valence-electron chi connectivity index (χ4n) is 3.02. The van der Waals surface area contributed by atoms with Gasteiger partial charge >= 0.3 is 12.0 Å². The van der Waals surface area contributed by atoms with Crippen LogP contribution in [0.15, 0.2) is 18.2 Å². The summed E-state index contributed by atoms with van der Waals surface area (Å²) in [5, 5.41) is 9.02. The average Bonchev–Trinajstić information content (AvgIpc) is 2.99. The first-order valence-corrected chi connectivity index (χ1v) is 7.36. The smallest absolute Gasteiger partial charge is 0.335 e. The largest absolute Gasteiger partial charge is 0.478 e. The lowest BCUT2D eigenvalue weighted by Crippen LogP contribution is -2.41. The van der Waals surface area contributed by atoms with Crippen molar-refractivity contribution in [3.8, 4) is 0 Å². The molecule has 2 atom stereocenters. The molecule has 1 heterocycles. The Morgan fingerprint density at radius 1 is 1.43 bits per heavy atom. The molecule has 21 heavy (non-hydrogen) atoms. The lowest BCUT2D eigenvalue weighted by atomic mass is 10.1. The van der Waals surface area contributed by atoms with Crippen molar-refractivity contribution >= 4 is 17.7 Å². The number of carboxylic acid groups (broad SMARTS) is 1. The molecule has 1 fully saturated rings. The van der Waals surface area contributed by atoms with Crippen LogP contribution in [0, 0.1) is 11.8 Å². The molecule has 2 unspecified atom stereocenters. The van der Waals surface area contributed by atoms with E-state index in [2.05, 4.69) is 6.92 Å². The highest BCUT2D eigenvalue weighted by Crippen LogP contribution is 2.38. The van der Waals surface area contributed by atoms with Crippen LogP contribution >= 0.6 is 0 Å². The maximum atomic E-state index is 12.5. The van der Waals surface area contributed by atoms with E-state index in [1.807, 2.05) is 7.05 Å². The number of hydrogen-bond donors (Lipinski definition) is 1. The maximum Gasteiger partial charge on any atom is 0.335 e. The van der Waals surface area contributed by atoms with Gasteiger partial charge in [-0.15, -0.1) is 0 Å². The van der Waals surface area contributed by atoms with E-state index in [1.165, 1.54) is 6.42 Å². The van der Waals surface area contributed by atoms with Crippen molar-refractivity contribution in [2.45, 2.75) is 19.8 Å². The Kier molecular flexibility index (Phi) is 3.35. The topological polar surface area (TPSA) is 60.9 Å². The summed E-state index contributed by atoms with van der Waals surface area (Å²) in [6.07, 6.45) is 1.92. The Bertz CT molecular complexity index is 599. The van der Waals surface area contributed by atoms with Crippen LogP contribution in [0.2, 0.25) is 0 Å². The van der Waals surface area contributed by atoms with Gasteiger partial charge in [0.05, 0.1) is 5.56 Å². The summed E-state index contributed by atoms with van der Waals surface area (Å²) in [4.78, 5) is 27.1. The van der Waals surface area contributed by atoms with Crippen molar-refractivity contribution in [3.05, 3.63) is 29.3 Å². The minimum atomic E-state index is -0.928. The number of anilines is 1. The van der Waals surface area contributed by atoms with Crippen LogP contribution in [0.25, 0.3) is 0 Å². The molecule has 0 bridgehead atoms. The van der Waals surface area contributed by atoms with Gasteiger partial charge in [0.25, 0.3) is 0 Å². The molecule has 0 aromatic heterocycles. The fraction of sp³-hybridized carbons (Fsp3) is 0.500. The van der Waals surface area contributed by atoms with Gasteiger partial charge < -0.3 is 10.0 Å². The van der Waals surface area contributed by atoms with E-state index in [9.17, 15) is 9.59 Å². The molecular weight excluding hydrogens is 268 g/mol. The van der Waals surface area contributed by atoms with Gasteiger partial charge in [0, 0.05) is 25.8 Å². The van der Waals surface area contributed by atoms with Gasteiger partial charge in [-0.05, 0) is 48.4 Å². The molecule has 1 aliphatic heterocycles. The number of benzene rings is 1. The molecule has 112 valence electrons. The monoisotopic (exact) mass is 288 g/mol. The number of amides is 2. The van der Waals surface area contributed by atoms with Crippen LogP contribution < -0.4 is 4.90 Å². The number of hydrogen-bond acceptors (Lipinski definition) is 2. The summed E-state index contributed by atoms with van der Waals surface area (Å²) in [6.45, 7) is 3.64. The first kappa shape index (κ1) is 13.9. The third-order valence-corrected chi connectivity index (χ3v) is 4.56. The van der Waals surface area contributed by atoms with Gasteiger partial charge in [0.2, 0.25) is 0 Å². The van der Waals surface area contributed by atoms with Gasteiger partial charge in [-0.2, -0.15) is 0 Å². The molecule has 1 saturated carbocycles. The number of carboxylic acids is 1. The predicted molar refractivity (Wildman–Crippen MR) is 79.7 cm³/mol. The molecule has 5 heteroatoms. The second kappa shape index (κ2) is 5.06. The summed E-state index contributed by atoms with van der Waals surface area (Å²) in [7, 11) is 1.84. The van der Waals surface area contributed by atoms with Gasteiger partial charge in [-0.25, -0.2) is 9.59 Å². The van der Waals surface area contributed by atoms with Gasteiger partial charge in [-0.3, -0.25) is 4.90 Å². The predicted octanol–water partition coefficient (Wildman–Crippen LogP) is 2.46. The molecule has 2 aliphatic rings. The third-order valence-electron chi connectivity index (χ3n) is 4.56. The van der Waals surface area contributed by atoms with E-state index in [0.29, 0.717) is 12.5 Å². The number of carbonyl (C=O) groups is 2. The van der Waals surface area contributed by atoms with Crippen molar-refractivity contribution in [1.82, 2.24) is 4.90 Å². The van der Waals surface area contributed by atoms with Crippen LogP contribution in [-0.2, 0) is 6.42 Å². The Morgan fingerprint density at radius 3 is 2.76 bits per heavy atom. The molecule has 5 nitrogen and oxygen atoms in total. The number of carbonyl (C=O) groups excluding carboxylic acids is 1. The van der Waals surface area contributed by atoms with Crippen LogP contribution in [0.4, 0.5) is 10.5 Å². The summed E-state index contributed by atoms with van der Waals surface area (Å²) in [5.74, 6) is 0.432. The number of rotatable bonds is 3. The first-order valence-electron chi connectivity index (χ1n) is 7.36. The Balaban J connectivity index is 1.74. The molecule has 0 radical (unpaired) electrons. The summed E-state index contributed by atoms with van der Waals surface area (Å²) < 4.78 is 0. The Labute approximate surface area is 124 Å². The van der Waals surface area contributed by atoms with Crippen molar-refractivity contribution in [2.75, 3.05) is 25.0 Å². The molecule has 0 spiro atoms. The van der Waals surface area contributed by atoms with E-state index < -0.39 is 5.97 Å². The average molecular weight is 288 g/mol. The summed E-state index contributed by atoms with van der Waals surface area (Å²) in [6, 6.07) is 5.00. The SMILES string of the molecule is CC1CC1CN(C)C(=O)N1CCc2cc(C(=O)O)ccc21. The quantitative estimate of drug-likeness (QED) is 0.929. The number of fused-ring (bicyclic) bond motifs is 1. The Morgan fingerprint density at radius 2 is 2.14 bits per heavy atom. The minimum absolute atomic E-state index is 0.0101. The van der Waals surface area contributed by atoms with Crippen molar-refractivity contribution in [2.24, 2.45) is 11.8 Å². The molecular formula is C16H20N2O3. The van der Waals surface area contributed by atoms with E-state index in [4.69, 9.17) is 5.11 Å². The molecule has 2 amide bonds. The minimum Gasteiger partial charge on any atom is -0.478 e. The van der Waals surface area contributed by atoms with Crippen LogP contribution in [0.3, 0.4) is 0 Å². The van der Waals surface area contributed by atoms with E-state index in [1.54, 1.807) is 28.0 Å². The van der Waals surface area contributed by atoms with Gasteiger partial charge in [-0.1, -0.05) is 6.92 Å². The number of aromatic carboxylic acids is 1.